The molecule has 0 fully saturated rings. The van der Waals surface area contributed by atoms with E-state index in [0.29, 0.717) is 12.1 Å². The summed E-state index contributed by atoms with van der Waals surface area (Å²) in [5.74, 6) is -0.0854. The van der Waals surface area contributed by atoms with Gasteiger partial charge in [0.2, 0.25) is 5.91 Å². The number of hydrogen-bond donors (Lipinski definition) is 4. The smallest absolute Gasteiger partial charge is 0.220 e. The molecule has 0 spiro atoms. The number of nitrogens with two attached hydrogens (primary N) is 1. The quantitative estimate of drug-likeness (QED) is 0.568. The number of carbonyl (C=O) groups is 1. The van der Waals surface area contributed by atoms with E-state index >= 15 is 0 Å². The summed E-state index contributed by atoms with van der Waals surface area (Å²) in [7, 11) is 0. The molecule has 0 radical (unpaired) electrons. The number of anilines is 1. The molecule has 1 aromatic rings. The summed E-state index contributed by atoms with van der Waals surface area (Å²) in [6.45, 7) is 3.07. The van der Waals surface area contributed by atoms with Crippen molar-refractivity contribution in [3.63, 3.8) is 0 Å². The van der Waals surface area contributed by atoms with E-state index in [0.717, 1.165) is 5.56 Å². The molecule has 106 valence electrons. The molecule has 19 heavy (non-hydrogen) atoms. The molecule has 0 aliphatic heterocycles. The summed E-state index contributed by atoms with van der Waals surface area (Å²) in [5, 5.41) is 21.1. The van der Waals surface area contributed by atoms with Crippen LogP contribution in [0.15, 0.2) is 24.3 Å². The van der Waals surface area contributed by atoms with Gasteiger partial charge in [0.25, 0.3) is 0 Å². The van der Waals surface area contributed by atoms with Crippen LogP contribution in [-0.4, -0.2) is 34.9 Å². The summed E-state index contributed by atoms with van der Waals surface area (Å²) in [6.07, 6.45) is 0.325. The van der Waals surface area contributed by atoms with E-state index in [4.69, 9.17) is 10.8 Å². The van der Waals surface area contributed by atoms with Crippen molar-refractivity contribution >= 4 is 11.6 Å². The number of nitrogens with one attached hydrogen (secondary N) is 1. The van der Waals surface area contributed by atoms with E-state index in [1.165, 1.54) is 6.92 Å². The summed E-state index contributed by atoms with van der Waals surface area (Å²) in [6, 6.07) is 7.41. The Morgan fingerprint density at radius 2 is 2.00 bits per heavy atom. The van der Waals surface area contributed by atoms with Gasteiger partial charge in [0.1, 0.15) is 5.60 Å². The zero-order valence-electron chi connectivity index (χ0n) is 11.4. The highest BCUT2D eigenvalue weighted by Gasteiger charge is 2.20. The van der Waals surface area contributed by atoms with E-state index in [2.05, 4.69) is 5.32 Å². The van der Waals surface area contributed by atoms with Crippen LogP contribution >= 0.6 is 0 Å². The minimum atomic E-state index is -1.28. The Morgan fingerprint density at radius 3 is 2.53 bits per heavy atom. The molecule has 5 heteroatoms. The van der Waals surface area contributed by atoms with Crippen LogP contribution in [0.4, 0.5) is 5.69 Å². The van der Waals surface area contributed by atoms with Crippen LogP contribution in [0.5, 0.6) is 0 Å². The normalized spacial score (nSPS) is 15.6. The Hall–Kier alpha value is -1.59. The van der Waals surface area contributed by atoms with Crippen molar-refractivity contribution in [2.75, 3.05) is 18.9 Å². The van der Waals surface area contributed by atoms with Crippen molar-refractivity contribution in [1.29, 1.82) is 0 Å². The molecule has 0 aliphatic carbocycles. The SMILES string of the molecule is CC(CC(=O)NCC(C)(O)CO)c1ccc(N)cc1. The van der Waals surface area contributed by atoms with E-state index in [1.807, 2.05) is 19.1 Å². The molecule has 0 aromatic heterocycles. The minimum absolute atomic E-state index is 0.0385. The van der Waals surface area contributed by atoms with Crippen molar-refractivity contribution in [1.82, 2.24) is 5.32 Å². The van der Waals surface area contributed by atoms with Crippen LogP contribution in [0.3, 0.4) is 0 Å². The number of amides is 1. The van der Waals surface area contributed by atoms with Crippen LogP contribution in [0, 0.1) is 0 Å². The number of nitrogen functional groups attached to an aromatic ring is 1. The molecule has 2 unspecified atom stereocenters. The molecule has 2 atom stereocenters. The number of aliphatic hydroxyl groups excluding tert-OH is 1. The van der Waals surface area contributed by atoms with Gasteiger partial charge in [0.15, 0.2) is 0 Å². The van der Waals surface area contributed by atoms with Gasteiger partial charge in [-0.05, 0) is 30.5 Å². The Morgan fingerprint density at radius 1 is 1.42 bits per heavy atom. The fourth-order valence-electron chi connectivity index (χ4n) is 1.64. The van der Waals surface area contributed by atoms with Gasteiger partial charge in [0.05, 0.1) is 6.61 Å². The zero-order valence-corrected chi connectivity index (χ0v) is 11.4. The van der Waals surface area contributed by atoms with Gasteiger partial charge in [-0.15, -0.1) is 0 Å². The van der Waals surface area contributed by atoms with Crippen LogP contribution in [0.1, 0.15) is 31.7 Å². The van der Waals surface area contributed by atoms with Crippen molar-refractivity contribution in [3.05, 3.63) is 29.8 Å². The third-order valence-corrected chi connectivity index (χ3v) is 3.00. The molecular formula is C14H22N2O3. The van der Waals surface area contributed by atoms with Crippen molar-refractivity contribution in [2.24, 2.45) is 0 Å². The fourth-order valence-corrected chi connectivity index (χ4v) is 1.64. The second-order valence-corrected chi connectivity index (χ2v) is 5.20. The Labute approximate surface area is 113 Å². The van der Waals surface area contributed by atoms with Crippen LogP contribution in [0.25, 0.3) is 0 Å². The van der Waals surface area contributed by atoms with E-state index in [1.54, 1.807) is 12.1 Å². The Kier molecular flexibility index (Phi) is 5.32. The Balaban J connectivity index is 2.46. The summed E-state index contributed by atoms with van der Waals surface area (Å²) in [5.41, 5.74) is 6.06. The monoisotopic (exact) mass is 266 g/mol. The highest BCUT2D eigenvalue weighted by atomic mass is 16.3. The zero-order chi connectivity index (χ0) is 14.5. The van der Waals surface area contributed by atoms with E-state index in [-0.39, 0.29) is 25.0 Å². The van der Waals surface area contributed by atoms with Crippen LogP contribution in [0.2, 0.25) is 0 Å². The molecule has 0 bridgehead atoms. The standard InChI is InChI=1S/C14H22N2O3/c1-10(11-3-5-12(15)6-4-11)7-13(18)16-8-14(2,19)9-17/h3-6,10,17,19H,7-9,15H2,1-2H3,(H,16,18). The first-order valence-corrected chi connectivity index (χ1v) is 6.29. The first-order valence-electron chi connectivity index (χ1n) is 6.29. The van der Waals surface area contributed by atoms with Gasteiger partial charge in [0, 0.05) is 18.7 Å². The van der Waals surface area contributed by atoms with Gasteiger partial charge >= 0.3 is 0 Å². The lowest BCUT2D eigenvalue weighted by Gasteiger charge is -2.21. The number of benzene rings is 1. The van der Waals surface area contributed by atoms with Gasteiger partial charge in [-0.3, -0.25) is 4.79 Å². The molecule has 1 rings (SSSR count). The highest BCUT2D eigenvalue weighted by molar-refractivity contribution is 5.76. The minimum Gasteiger partial charge on any atom is -0.399 e. The molecule has 0 saturated carbocycles. The summed E-state index contributed by atoms with van der Waals surface area (Å²) >= 11 is 0. The maximum absolute atomic E-state index is 11.7. The lowest BCUT2D eigenvalue weighted by molar-refractivity contribution is -0.122. The van der Waals surface area contributed by atoms with Crippen LogP contribution in [-0.2, 0) is 4.79 Å². The Bertz CT molecular complexity index is 415. The van der Waals surface area contributed by atoms with Crippen molar-refractivity contribution < 1.29 is 15.0 Å². The first kappa shape index (κ1) is 15.5. The summed E-state index contributed by atoms with van der Waals surface area (Å²) in [4.78, 5) is 11.7. The number of carbonyl (C=O) groups excluding carboxylic acids is 1. The van der Waals surface area contributed by atoms with Gasteiger partial charge in [-0.2, -0.15) is 0 Å². The number of rotatable bonds is 6. The number of aliphatic hydroxyl groups is 2. The average molecular weight is 266 g/mol. The van der Waals surface area contributed by atoms with Crippen molar-refractivity contribution in [2.45, 2.75) is 31.8 Å². The van der Waals surface area contributed by atoms with E-state index < -0.39 is 5.60 Å². The van der Waals surface area contributed by atoms with Crippen LogP contribution < -0.4 is 11.1 Å². The predicted octanol–water partition coefficient (Wildman–Crippen LogP) is 0.622. The second-order valence-electron chi connectivity index (χ2n) is 5.20. The third-order valence-electron chi connectivity index (χ3n) is 3.00. The molecular weight excluding hydrogens is 244 g/mol. The lowest BCUT2D eigenvalue weighted by Crippen LogP contribution is -2.43. The second kappa shape index (κ2) is 6.54. The topological polar surface area (TPSA) is 95.6 Å². The van der Waals surface area contributed by atoms with E-state index in [9.17, 15) is 9.90 Å². The first-order chi connectivity index (χ1) is 8.84. The fraction of sp³-hybridized carbons (Fsp3) is 0.500. The average Bonchev–Trinajstić information content (AvgIpc) is 2.37. The lowest BCUT2D eigenvalue weighted by atomic mass is 9.97. The summed E-state index contributed by atoms with van der Waals surface area (Å²) < 4.78 is 0. The molecule has 5 nitrogen and oxygen atoms in total. The van der Waals surface area contributed by atoms with Crippen molar-refractivity contribution in [3.8, 4) is 0 Å². The molecule has 0 heterocycles. The van der Waals surface area contributed by atoms with Gasteiger partial charge in [-0.1, -0.05) is 19.1 Å². The largest absolute Gasteiger partial charge is 0.399 e. The van der Waals surface area contributed by atoms with Gasteiger partial charge < -0.3 is 21.3 Å². The molecule has 1 aromatic carbocycles. The molecule has 1 amide bonds. The maximum Gasteiger partial charge on any atom is 0.220 e. The predicted molar refractivity (Wildman–Crippen MR) is 74.6 cm³/mol. The van der Waals surface area contributed by atoms with Gasteiger partial charge in [-0.25, -0.2) is 0 Å². The third kappa shape index (κ3) is 5.28. The molecule has 0 saturated heterocycles. The molecule has 5 N–H and O–H groups in total. The maximum atomic E-state index is 11.7. The molecule has 0 aliphatic rings. The number of hydrogen-bond acceptors (Lipinski definition) is 4. The highest BCUT2D eigenvalue weighted by Crippen LogP contribution is 2.19.